The molecule has 1 rings (SSSR count). The highest BCUT2D eigenvalue weighted by molar-refractivity contribution is 6.25. The van der Waals surface area contributed by atoms with Crippen LogP contribution in [-0.4, -0.2) is 18.8 Å². The van der Waals surface area contributed by atoms with Crippen molar-refractivity contribution in [1.82, 2.24) is 0 Å². The van der Waals surface area contributed by atoms with Gasteiger partial charge in [-0.3, -0.25) is 0 Å². The van der Waals surface area contributed by atoms with Crippen LogP contribution in [0, 0.1) is 0 Å². The van der Waals surface area contributed by atoms with Gasteiger partial charge in [0.2, 0.25) is 0 Å². The first-order valence-electron chi connectivity index (χ1n) is 4.47. The molecule has 0 bridgehead atoms. The number of halogens is 1. The van der Waals surface area contributed by atoms with Crippen LogP contribution in [0.15, 0.2) is 29.8 Å². The maximum atomic E-state index is 9.12. The second-order valence-corrected chi connectivity index (χ2v) is 3.06. The molecule has 4 heteroatoms. The zero-order valence-electron chi connectivity index (χ0n) is 8.44. The summed E-state index contributed by atoms with van der Waals surface area (Å²) in [6, 6.07) is 5.27. The molecule has 1 aromatic rings. The van der Waals surface area contributed by atoms with Gasteiger partial charge in [-0.1, -0.05) is 11.6 Å². The van der Waals surface area contributed by atoms with Crippen LogP contribution in [-0.2, 0) is 6.61 Å². The van der Waals surface area contributed by atoms with Crippen LogP contribution in [0.2, 0.25) is 0 Å². The van der Waals surface area contributed by atoms with E-state index in [4.69, 9.17) is 26.2 Å². The number of aliphatic hydroxyl groups is 1. The van der Waals surface area contributed by atoms with Crippen molar-refractivity contribution in [2.75, 3.05) is 13.7 Å². The summed E-state index contributed by atoms with van der Waals surface area (Å²) in [6.07, 6.45) is 1.67. The number of rotatable bonds is 5. The van der Waals surface area contributed by atoms with Gasteiger partial charge in [0, 0.05) is 11.1 Å². The second kappa shape index (κ2) is 6.32. The molecule has 0 heterocycles. The van der Waals surface area contributed by atoms with Gasteiger partial charge in [-0.25, -0.2) is 0 Å². The molecule has 0 saturated carbocycles. The van der Waals surface area contributed by atoms with Gasteiger partial charge in [-0.15, -0.1) is 0 Å². The molecule has 0 aromatic heterocycles. The number of hydrogen-bond acceptors (Lipinski definition) is 3. The Hall–Kier alpha value is -1.19. The first-order valence-corrected chi connectivity index (χ1v) is 4.91. The second-order valence-electron chi connectivity index (χ2n) is 2.80. The molecule has 3 nitrogen and oxygen atoms in total. The summed E-state index contributed by atoms with van der Waals surface area (Å²) in [4.78, 5) is 0. The Morgan fingerprint density at radius 3 is 2.87 bits per heavy atom. The van der Waals surface area contributed by atoms with Crippen LogP contribution in [0.5, 0.6) is 11.5 Å². The highest BCUT2D eigenvalue weighted by Gasteiger charge is 2.03. The third-order valence-corrected chi connectivity index (χ3v) is 2.04. The minimum atomic E-state index is -0.0862. The Bertz CT molecular complexity index is 337. The molecule has 0 aliphatic carbocycles. The van der Waals surface area contributed by atoms with E-state index in [1.54, 1.807) is 31.4 Å². The fourth-order valence-corrected chi connectivity index (χ4v) is 1.19. The highest BCUT2D eigenvalue weighted by Crippen LogP contribution is 2.24. The zero-order chi connectivity index (χ0) is 11.1. The lowest BCUT2D eigenvalue weighted by atomic mass is 10.2. The molecule has 0 aliphatic rings. The van der Waals surface area contributed by atoms with Crippen molar-refractivity contribution < 1.29 is 14.6 Å². The molecule has 1 aromatic carbocycles. The van der Waals surface area contributed by atoms with E-state index in [9.17, 15) is 0 Å². The van der Waals surface area contributed by atoms with Crippen molar-refractivity contribution in [3.8, 4) is 11.5 Å². The van der Waals surface area contributed by atoms with Crippen LogP contribution >= 0.6 is 11.6 Å². The number of methoxy groups -OCH3 is 1. The average molecular weight is 229 g/mol. The molecule has 0 amide bonds. The first-order chi connectivity index (χ1) is 7.31. The van der Waals surface area contributed by atoms with E-state index in [1.165, 1.54) is 5.54 Å². The predicted octanol–water partition coefficient (Wildman–Crippen LogP) is 2.32. The molecule has 0 saturated heterocycles. The topological polar surface area (TPSA) is 38.7 Å². The van der Waals surface area contributed by atoms with E-state index in [-0.39, 0.29) is 6.61 Å². The number of benzene rings is 1. The third-order valence-electron chi connectivity index (χ3n) is 1.86. The summed E-state index contributed by atoms with van der Waals surface area (Å²) in [5.74, 6) is 1.33. The van der Waals surface area contributed by atoms with Gasteiger partial charge in [0.1, 0.15) is 18.1 Å². The third kappa shape index (κ3) is 3.46. The maximum Gasteiger partial charge on any atom is 0.125 e. The molecule has 15 heavy (non-hydrogen) atoms. The largest absolute Gasteiger partial charge is 0.497 e. The van der Waals surface area contributed by atoms with Gasteiger partial charge >= 0.3 is 0 Å². The molecular formula is C11H13ClO3. The van der Waals surface area contributed by atoms with E-state index < -0.39 is 0 Å². The fourth-order valence-electron chi connectivity index (χ4n) is 1.12. The summed E-state index contributed by atoms with van der Waals surface area (Å²) in [6.45, 7) is 0.292. The van der Waals surface area contributed by atoms with E-state index in [0.717, 1.165) is 0 Å². The fraction of sp³-hybridized carbons (Fsp3) is 0.273. The summed E-state index contributed by atoms with van der Waals surface area (Å²) >= 11 is 5.36. The van der Waals surface area contributed by atoms with Crippen LogP contribution < -0.4 is 9.47 Å². The van der Waals surface area contributed by atoms with Crippen molar-refractivity contribution in [3.63, 3.8) is 0 Å². The smallest absolute Gasteiger partial charge is 0.125 e. The lowest BCUT2D eigenvalue weighted by molar-refractivity contribution is 0.269. The van der Waals surface area contributed by atoms with Crippen LogP contribution in [0.3, 0.4) is 0 Å². The van der Waals surface area contributed by atoms with Crippen LogP contribution in [0.1, 0.15) is 5.56 Å². The lowest BCUT2D eigenvalue weighted by Crippen LogP contribution is -1.98. The minimum absolute atomic E-state index is 0.0862. The van der Waals surface area contributed by atoms with Crippen molar-refractivity contribution in [3.05, 3.63) is 35.4 Å². The number of hydrogen-bond donors (Lipinski definition) is 1. The van der Waals surface area contributed by atoms with Crippen LogP contribution in [0.25, 0.3) is 0 Å². The van der Waals surface area contributed by atoms with Gasteiger partial charge in [-0.05, 0) is 24.3 Å². The highest BCUT2D eigenvalue weighted by atomic mass is 35.5. The number of ether oxygens (including phenoxy) is 2. The average Bonchev–Trinajstić information content (AvgIpc) is 2.29. The first kappa shape index (κ1) is 11.9. The normalized spacial score (nSPS) is 10.6. The standard InChI is InChI=1S/C11H13ClO3/c1-14-10-3-4-11(9(7-10)8-13)15-6-2-5-12/h2-5,7,13H,6,8H2,1H3/b5-2+. The molecule has 0 spiro atoms. The molecule has 0 radical (unpaired) electrons. The molecule has 0 aliphatic heterocycles. The Balaban J connectivity index is 2.78. The quantitative estimate of drug-likeness (QED) is 0.841. The number of aliphatic hydroxyl groups excluding tert-OH is 1. The van der Waals surface area contributed by atoms with Crippen molar-refractivity contribution in [2.45, 2.75) is 6.61 Å². The monoisotopic (exact) mass is 228 g/mol. The Kier molecular flexibility index (Phi) is 5.01. The minimum Gasteiger partial charge on any atom is -0.497 e. The van der Waals surface area contributed by atoms with E-state index in [2.05, 4.69) is 0 Å². The zero-order valence-corrected chi connectivity index (χ0v) is 9.20. The van der Waals surface area contributed by atoms with E-state index in [1.807, 2.05) is 0 Å². The van der Waals surface area contributed by atoms with Gasteiger partial charge < -0.3 is 14.6 Å². The van der Waals surface area contributed by atoms with Crippen molar-refractivity contribution in [2.24, 2.45) is 0 Å². The summed E-state index contributed by atoms with van der Waals surface area (Å²) in [5.41, 5.74) is 2.08. The predicted molar refractivity (Wildman–Crippen MR) is 59.4 cm³/mol. The molecule has 0 atom stereocenters. The summed E-state index contributed by atoms with van der Waals surface area (Å²) < 4.78 is 10.4. The SMILES string of the molecule is COc1ccc(OC/C=C/Cl)c(CO)c1. The Labute approximate surface area is 93.9 Å². The van der Waals surface area contributed by atoms with Gasteiger partial charge in [0.25, 0.3) is 0 Å². The summed E-state index contributed by atoms with van der Waals surface area (Å²) in [5, 5.41) is 9.12. The molecule has 0 unspecified atom stereocenters. The van der Waals surface area contributed by atoms with Crippen molar-refractivity contribution in [1.29, 1.82) is 0 Å². The van der Waals surface area contributed by atoms with Gasteiger partial charge in [-0.2, -0.15) is 0 Å². The van der Waals surface area contributed by atoms with Crippen molar-refractivity contribution >= 4 is 11.6 Å². The molecule has 0 fully saturated rings. The van der Waals surface area contributed by atoms with Gasteiger partial charge in [0.15, 0.2) is 0 Å². The maximum absolute atomic E-state index is 9.12. The van der Waals surface area contributed by atoms with Gasteiger partial charge in [0.05, 0.1) is 13.7 Å². The van der Waals surface area contributed by atoms with E-state index >= 15 is 0 Å². The lowest BCUT2D eigenvalue weighted by Gasteiger charge is -2.09. The molecule has 1 N–H and O–H groups in total. The molecule has 82 valence electrons. The van der Waals surface area contributed by atoms with E-state index in [0.29, 0.717) is 23.7 Å². The molecular weight excluding hydrogens is 216 g/mol. The van der Waals surface area contributed by atoms with Crippen LogP contribution in [0.4, 0.5) is 0 Å². The summed E-state index contributed by atoms with van der Waals surface area (Å²) in [7, 11) is 1.58. The Morgan fingerprint density at radius 1 is 1.47 bits per heavy atom. The Morgan fingerprint density at radius 2 is 2.27 bits per heavy atom.